The van der Waals surface area contributed by atoms with Crippen LogP contribution in [0.15, 0.2) is 30.3 Å². The molecule has 216 valence electrons. The van der Waals surface area contributed by atoms with E-state index >= 15 is 4.39 Å². The Bertz CT molecular complexity index is 1590. The van der Waals surface area contributed by atoms with E-state index in [0.29, 0.717) is 53.9 Å². The number of aromatic nitrogens is 5. The number of piperazine rings is 1. The predicted octanol–water partition coefficient (Wildman–Crippen LogP) is 5.99. The molecule has 2 aliphatic rings. The Morgan fingerprint density at radius 2 is 1.93 bits per heavy atom. The van der Waals surface area contributed by atoms with Crippen LogP contribution in [0.1, 0.15) is 57.8 Å². The maximum Gasteiger partial charge on any atom is 0.410 e. The van der Waals surface area contributed by atoms with E-state index in [1.165, 1.54) is 0 Å². The number of rotatable bonds is 6. The van der Waals surface area contributed by atoms with E-state index in [4.69, 9.17) is 9.47 Å². The molecule has 1 aliphatic carbocycles. The smallest absolute Gasteiger partial charge is 0.410 e. The second kappa shape index (κ2) is 10.2. The highest BCUT2D eigenvalue weighted by atomic mass is 19.1. The normalized spacial score (nSPS) is 17.7. The molecule has 0 unspecified atom stereocenters. The Labute approximate surface area is 237 Å². The summed E-state index contributed by atoms with van der Waals surface area (Å²) in [5, 5.41) is 11.1. The number of H-pyrrole nitrogens is 2. The summed E-state index contributed by atoms with van der Waals surface area (Å²) in [7, 11) is 0. The molecule has 0 spiro atoms. The summed E-state index contributed by atoms with van der Waals surface area (Å²) in [4.78, 5) is 28.8. The number of halogens is 1. The van der Waals surface area contributed by atoms with Crippen molar-refractivity contribution < 1.29 is 18.7 Å². The zero-order valence-electron chi connectivity index (χ0n) is 23.9. The van der Waals surface area contributed by atoms with E-state index in [1.54, 1.807) is 23.1 Å². The zero-order chi connectivity index (χ0) is 28.9. The number of benzene rings is 1. The minimum absolute atomic E-state index is 0.00442. The van der Waals surface area contributed by atoms with Gasteiger partial charge in [-0.25, -0.2) is 9.18 Å². The molecule has 0 radical (unpaired) electrons. The van der Waals surface area contributed by atoms with Crippen molar-refractivity contribution in [2.45, 2.75) is 65.0 Å². The van der Waals surface area contributed by atoms with E-state index < -0.39 is 11.4 Å². The molecule has 4 heterocycles. The standard InChI is InChI=1S/C29H35FN8O3/c1-16-12-19-20(31-16)8-9-22(26(19)30)40-27-33-23(32-24-13-21(35-36-24)18-6-7-18)14-25(34-27)38-11-10-37(15-17(38)2)28(39)41-29(3,4)5/h8-9,12-14,17-18,31H,6-7,10-11,15H2,1-5H3,(H2,32,33,34,35,36)/t17-/m1/s1. The van der Waals surface area contributed by atoms with Gasteiger partial charge < -0.3 is 29.6 Å². The van der Waals surface area contributed by atoms with Crippen molar-refractivity contribution in [2.24, 2.45) is 0 Å². The van der Waals surface area contributed by atoms with Gasteiger partial charge in [0.15, 0.2) is 17.4 Å². The van der Waals surface area contributed by atoms with E-state index in [9.17, 15) is 4.79 Å². The van der Waals surface area contributed by atoms with Crippen LogP contribution in [0.2, 0.25) is 0 Å². The SMILES string of the molecule is Cc1cc2c(F)c(Oc3nc(Nc4cc(C5CC5)[nH]n4)cc(N4CCN(C(=O)OC(C)(C)C)C[C@H]4C)n3)ccc2[nH]1. The monoisotopic (exact) mass is 562 g/mol. The third kappa shape index (κ3) is 5.91. The van der Waals surface area contributed by atoms with Gasteiger partial charge in [0.2, 0.25) is 0 Å². The number of aromatic amines is 2. The number of carbonyl (C=O) groups excluding carboxylic acids is 1. The summed E-state index contributed by atoms with van der Waals surface area (Å²) in [6.45, 7) is 10.9. The third-order valence-corrected chi connectivity index (χ3v) is 7.17. The van der Waals surface area contributed by atoms with Gasteiger partial charge in [0.1, 0.15) is 17.2 Å². The minimum atomic E-state index is -0.570. The molecule has 1 amide bonds. The molecule has 1 aliphatic heterocycles. The topological polar surface area (TPSA) is 124 Å². The lowest BCUT2D eigenvalue weighted by Gasteiger charge is -2.40. The highest BCUT2D eigenvalue weighted by Gasteiger charge is 2.31. The highest BCUT2D eigenvalue weighted by Crippen LogP contribution is 2.40. The fourth-order valence-corrected chi connectivity index (χ4v) is 5.06. The average Bonchev–Trinajstić information content (AvgIpc) is 3.52. The lowest BCUT2D eigenvalue weighted by Crippen LogP contribution is -2.54. The fourth-order valence-electron chi connectivity index (χ4n) is 5.06. The van der Waals surface area contributed by atoms with Crippen LogP contribution in [0, 0.1) is 12.7 Å². The molecule has 3 aromatic heterocycles. The molecule has 4 aromatic rings. The van der Waals surface area contributed by atoms with Gasteiger partial charge in [-0.15, -0.1) is 0 Å². The van der Waals surface area contributed by atoms with Gasteiger partial charge in [-0.05, 0) is 65.7 Å². The number of carbonyl (C=O) groups is 1. The number of amides is 1. The van der Waals surface area contributed by atoms with Crippen LogP contribution >= 0.6 is 0 Å². The van der Waals surface area contributed by atoms with Gasteiger partial charge in [-0.3, -0.25) is 5.10 Å². The maximum absolute atomic E-state index is 15.4. The number of ether oxygens (including phenoxy) is 2. The maximum atomic E-state index is 15.4. The Hall–Kier alpha value is -4.35. The van der Waals surface area contributed by atoms with Crippen LogP contribution in [0.3, 0.4) is 0 Å². The van der Waals surface area contributed by atoms with Crippen molar-refractivity contribution in [1.29, 1.82) is 0 Å². The number of anilines is 3. The van der Waals surface area contributed by atoms with E-state index in [2.05, 4.69) is 35.4 Å². The Morgan fingerprint density at radius 1 is 1.12 bits per heavy atom. The molecule has 0 bridgehead atoms. The molecule has 1 saturated heterocycles. The molecule has 2 fully saturated rings. The first-order chi connectivity index (χ1) is 19.5. The van der Waals surface area contributed by atoms with Crippen LogP contribution in [-0.2, 0) is 4.74 Å². The third-order valence-electron chi connectivity index (χ3n) is 7.17. The summed E-state index contributed by atoms with van der Waals surface area (Å²) in [5.41, 5.74) is 2.05. The molecular weight excluding hydrogens is 527 g/mol. The van der Waals surface area contributed by atoms with Gasteiger partial charge in [0.25, 0.3) is 0 Å². The number of nitrogens with one attached hydrogen (secondary N) is 3. The fraction of sp³-hybridized carbons (Fsp3) is 0.448. The molecule has 3 N–H and O–H groups in total. The first-order valence-corrected chi connectivity index (χ1v) is 13.9. The molecule has 1 aromatic carbocycles. The lowest BCUT2D eigenvalue weighted by atomic mass is 10.2. The van der Waals surface area contributed by atoms with Gasteiger partial charge in [0.05, 0.1) is 0 Å². The van der Waals surface area contributed by atoms with Crippen molar-refractivity contribution in [2.75, 3.05) is 29.9 Å². The molecule has 1 saturated carbocycles. The Kier molecular flexibility index (Phi) is 6.71. The first-order valence-electron chi connectivity index (χ1n) is 13.9. The van der Waals surface area contributed by atoms with Crippen molar-refractivity contribution in [3.8, 4) is 11.8 Å². The molecule has 1 atom stereocenters. The average molecular weight is 563 g/mol. The molecule has 11 nitrogen and oxygen atoms in total. The lowest BCUT2D eigenvalue weighted by molar-refractivity contribution is 0.0218. The van der Waals surface area contributed by atoms with Crippen LogP contribution in [-0.4, -0.2) is 67.4 Å². The Balaban J connectivity index is 1.28. The number of hydrogen-bond donors (Lipinski definition) is 3. The molecule has 41 heavy (non-hydrogen) atoms. The van der Waals surface area contributed by atoms with Gasteiger partial charge in [0, 0.05) is 66.0 Å². The molecule has 6 rings (SSSR count). The summed E-state index contributed by atoms with van der Waals surface area (Å²) in [5.74, 6) is 1.73. The molecule has 12 heteroatoms. The number of aryl methyl sites for hydroxylation is 1. The number of nitrogens with zero attached hydrogens (tertiary/aromatic N) is 5. The van der Waals surface area contributed by atoms with Gasteiger partial charge >= 0.3 is 12.1 Å². The summed E-state index contributed by atoms with van der Waals surface area (Å²) < 4.78 is 26.9. The zero-order valence-corrected chi connectivity index (χ0v) is 23.9. The van der Waals surface area contributed by atoms with Crippen molar-refractivity contribution >= 4 is 34.4 Å². The number of hydrogen-bond acceptors (Lipinski definition) is 8. The minimum Gasteiger partial charge on any atom is -0.444 e. The van der Waals surface area contributed by atoms with E-state index in [1.807, 2.05) is 46.8 Å². The largest absolute Gasteiger partial charge is 0.444 e. The highest BCUT2D eigenvalue weighted by molar-refractivity contribution is 5.82. The Morgan fingerprint density at radius 3 is 2.66 bits per heavy atom. The van der Waals surface area contributed by atoms with Crippen LogP contribution < -0.4 is 15.0 Å². The van der Waals surface area contributed by atoms with Crippen molar-refractivity contribution in [3.05, 3.63) is 47.5 Å². The van der Waals surface area contributed by atoms with E-state index in [-0.39, 0.29) is 23.9 Å². The van der Waals surface area contributed by atoms with Crippen molar-refractivity contribution in [3.63, 3.8) is 0 Å². The van der Waals surface area contributed by atoms with Crippen molar-refractivity contribution in [1.82, 2.24) is 30.0 Å². The van der Waals surface area contributed by atoms with Crippen LogP contribution in [0.25, 0.3) is 10.9 Å². The van der Waals surface area contributed by atoms with E-state index in [0.717, 1.165) is 24.2 Å². The second-order valence-corrected chi connectivity index (χ2v) is 11.9. The number of fused-ring (bicyclic) bond motifs is 1. The van der Waals surface area contributed by atoms with Gasteiger partial charge in [-0.1, -0.05) is 0 Å². The van der Waals surface area contributed by atoms with Crippen LogP contribution in [0.5, 0.6) is 11.8 Å². The predicted molar refractivity (Wildman–Crippen MR) is 154 cm³/mol. The first kappa shape index (κ1) is 26.9. The van der Waals surface area contributed by atoms with Gasteiger partial charge in [-0.2, -0.15) is 15.1 Å². The summed E-state index contributed by atoms with van der Waals surface area (Å²) in [6.07, 6.45) is 1.97. The molecular formula is C29H35FN8O3. The van der Waals surface area contributed by atoms with Crippen LogP contribution in [0.4, 0.5) is 26.6 Å². The summed E-state index contributed by atoms with van der Waals surface area (Å²) in [6, 6.07) is 8.78. The summed E-state index contributed by atoms with van der Waals surface area (Å²) >= 11 is 0. The quantitative estimate of drug-likeness (QED) is 0.262. The second-order valence-electron chi connectivity index (χ2n) is 11.9.